The summed E-state index contributed by atoms with van der Waals surface area (Å²) in [6, 6.07) is 0. The number of allylic oxidation sites excluding steroid dienone is 4. The number of carbonyl (C=O) groups is 6. The van der Waals surface area contributed by atoms with Gasteiger partial charge in [-0.15, -0.1) is 22.7 Å². The molecule has 0 bridgehead atoms. The summed E-state index contributed by atoms with van der Waals surface area (Å²) in [7, 11) is 1.97. The standard InChI is InChI=1S/C32H37N7O7S2/c1-18-35-24-21(40)16-20(27(43)29(24)47-18)34-8-5-10-37(2)9-4-7-33-19-17-22(41)28-25(26(19)42)36-30(48-28)32(45)39-13-11-38(12-14-39)31(44)23-6-3-15-46-23/h16-17,23,33-34H,3-15H2,1-2H3. The molecule has 14 nitrogen and oxygen atoms in total. The van der Waals surface area contributed by atoms with Crippen LogP contribution in [-0.2, 0) is 9.53 Å². The van der Waals surface area contributed by atoms with Gasteiger partial charge in [0.1, 0.15) is 27.2 Å². The van der Waals surface area contributed by atoms with E-state index in [4.69, 9.17) is 4.74 Å². The van der Waals surface area contributed by atoms with E-state index in [1.54, 1.807) is 16.7 Å². The number of thiazole rings is 2. The minimum atomic E-state index is -0.419. The summed E-state index contributed by atoms with van der Waals surface area (Å²) >= 11 is 2.16. The van der Waals surface area contributed by atoms with Crippen molar-refractivity contribution in [1.82, 2.24) is 35.3 Å². The Morgan fingerprint density at radius 3 is 2.19 bits per heavy atom. The number of carbonyl (C=O) groups excluding carboxylic acids is 6. The lowest BCUT2D eigenvalue weighted by atomic mass is 10.0. The van der Waals surface area contributed by atoms with E-state index in [2.05, 4.69) is 25.5 Å². The Bertz CT molecular complexity index is 1710. The second-order valence-electron chi connectivity index (χ2n) is 12.1. The summed E-state index contributed by atoms with van der Waals surface area (Å²) in [4.78, 5) is 91.3. The highest BCUT2D eigenvalue weighted by Crippen LogP contribution is 2.28. The fraction of sp³-hybridized carbons (Fsp3) is 0.500. The van der Waals surface area contributed by atoms with Crippen molar-refractivity contribution in [1.29, 1.82) is 0 Å². The van der Waals surface area contributed by atoms with Crippen molar-refractivity contribution in [2.45, 2.75) is 38.7 Å². The molecule has 6 rings (SSSR count). The second kappa shape index (κ2) is 14.6. The van der Waals surface area contributed by atoms with E-state index in [1.165, 1.54) is 23.5 Å². The number of amides is 2. The topological polar surface area (TPSA) is 171 Å². The summed E-state index contributed by atoms with van der Waals surface area (Å²) in [5.74, 6) is -1.64. The van der Waals surface area contributed by atoms with E-state index < -0.39 is 11.9 Å². The highest BCUT2D eigenvalue weighted by atomic mass is 32.1. The van der Waals surface area contributed by atoms with Gasteiger partial charge in [-0.3, -0.25) is 28.8 Å². The van der Waals surface area contributed by atoms with Gasteiger partial charge in [0.25, 0.3) is 11.8 Å². The maximum absolute atomic E-state index is 13.2. The number of Topliss-reactive ketones (excluding diaryl/α,β-unsaturated/α-hetero) is 2. The lowest BCUT2D eigenvalue weighted by Gasteiger charge is -2.35. The van der Waals surface area contributed by atoms with Crippen LogP contribution in [0.3, 0.4) is 0 Å². The molecule has 2 aliphatic heterocycles. The third-order valence-electron chi connectivity index (χ3n) is 8.61. The lowest BCUT2D eigenvalue weighted by molar-refractivity contribution is -0.142. The van der Waals surface area contributed by atoms with Crippen LogP contribution in [0.2, 0.25) is 0 Å². The van der Waals surface area contributed by atoms with Crippen LogP contribution in [0.5, 0.6) is 0 Å². The molecule has 0 spiro atoms. The number of piperazine rings is 1. The van der Waals surface area contributed by atoms with Gasteiger partial charge in [-0.25, -0.2) is 9.97 Å². The number of hydrogen-bond acceptors (Lipinski definition) is 14. The van der Waals surface area contributed by atoms with Crippen molar-refractivity contribution in [2.24, 2.45) is 0 Å². The first-order valence-electron chi connectivity index (χ1n) is 16.1. The quantitative estimate of drug-likeness (QED) is 0.307. The van der Waals surface area contributed by atoms with E-state index in [9.17, 15) is 28.8 Å². The highest BCUT2D eigenvalue weighted by molar-refractivity contribution is 7.16. The number of aromatic nitrogens is 2. The van der Waals surface area contributed by atoms with Gasteiger partial charge in [0, 0.05) is 58.0 Å². The molecular weight excluding hydrogens is 659 g/mol. The molecule has 2 amide bonds. The molecule has 2 aliphatic carbocycles. The van der Waals surface area contributed by atoms with Gasteiger partial charge >= 0.3 is 0 Å². The Morgan fingerprint density at radius 2 is 1.52 bits per heavy atom. The van der Waals surface area contributed by atoms with Crippen LogP contribution in [-0.4, -0.2) is 132 Å². The fourth-order valence-corrected chi connectivity index (χ4v) is 7.84. The molecule has 2 aromatic heterocycles. The van der Waals surface area contributed by atoms with Gasteiger partial charge < -0.3 is 30.1 Å². The first-order chi connectivity index (χ1) is 23.1. The number of fused-ring (bicyclic) bond motifs is 2. The van der Waals surface area contributed by atoms with E-state index in [0.717, 1.165) is 43.7 Å². The predicted molar refractivity (Wildman–Crippen MR) is 177 cm³/mol. The Hall–Kier alpha value is -4.12. The molecule has 254 valence electrons. The van der Waals surface area contributed by atoms with Gasteiger partial charge in [0.05, 0.1) is 16.4 Å². The van der Waals surface area contributed by atoms with Crippen LogP contribution in [0.1, 0.15) is 80.8 Å². The zero-order chi connectivity index (χ0) is 33.9. The SMILES string of the molecule is Cc1nc2c(s1)C(=O)C(NCCCN(C)CCCNC1=CC(=O)c3sc(C(=O)N4CCN(C(=O)C5CCCO5)CC4)nc3C1=O)=CC2=O. The molecule has 0 aromatic carbocycles. The molecule has 2 aromatic rings. The van der Waals surface area contributed by atoms with Gasteiger partial charge in [0.15, 0.2) is 10.8 Å². The maximum Gasteiger partial charge on any atom is 0.282 e. The zero-order valence-corrected chi connectivity index (χ0v) is 28.5. The van der Waals surface area contributed by atoms with Crippen molar-refractivity contribution in [3.05, 3.63) is 54.7 Å². The third-order valence-corrected chi connectivity index (χ3v) is 10.6. The largest absolute Gasteiger partial charge is 0.382 e. The molecule has 16 heteroatoms. The van der Waals surface area contributed by atoms with Gasteiger partial charge in [0.2, 0.25) is 17.3 Å². The van der Waals surface area contributed by atoms with Crippen LogP contribution < -0.4 is 10.6 Å². The molecule has 4 heterocycles. The van der Waals surface area contributed by atoms with Crippen LogP contribution in [0, 0.1) is 6.92 Å². The second-order valence-corrected chi connectivity index (χ2v) is 14.3. The Morgan fingerprint density at radius 1 is 0.875 bits per heavy atom. The van der Waals surface area contributed by atoms with E-state index >= 15 is 0 Å². The summed E-state index contributed by atoms with van der Waals surface area (Å²) in [5.41, 5.74) is 0.674. The Balaban J connectivity index is 0.911. The Kier molecular flexibility index (Phi) is 10.2. The van der Waals surface area contributed by atoms with Crippen molar-refractivity contribution in [3.8, 4) is 0 Å². The van der Waals surface area contributed by atoms with Crippen molar-refractivity contribution < 1.29 is 33.5 Å². The number of nitrogens with zero attached hydrogens (tertiary/aromatic N) is 5. The number of ketones is 4. The molecular formula is C32H37N7O7S2. The number of aryl methyl sites for hydroxylation is 1. The molecule has 2 saturated heterocycles. The monoisotopic (exact) mass is 695 g/mol. The summed E-state index contributed by atoms with van der Waals surface area (Å²) < 4.78 is 5.50. The van der Waals surface area contributed by atoms with E-state index in [-0.39, 0.29) is 56.1 Å². The van der Waals surface area contributed by atoms with Gasteiger partial charge in [-0.1, -0.05) is 0 Å². The number of hydrogen-bond donors (Lipinski definition) is 2. The Labute approximate surface area is 285 Å². The lowest BCUT2D eigenvalue weighted by Crippen LogP contribution is -2.52. The van der Waals surface area contributed by atoms with Gasteiger partial charge in [-0.05, 0) is 52.7 Å². The summed E-state index contributed by atoms with van der Waals surface area (Å²) in [6.45, 7) is 6.27. The van der Waals surface area contributed by atoms with Crippen LogP contribution in [0.15, 0.2) is 23.5 Å². The minimum Gasteiger partial charge on any atom is -0.382 e. The fourth-order valence-electron chi connectivity index (χ4n) is 6.02. The van der Waals surface area contributed by atoms with E-state index in [0.29, 0.717) is 67.9 Å². The maximum atomic E-state index is 13.2. The van der Waals surface area contributed by atoms with Crippen LogP contribution >= 0.6 is 22.7 Å². The minimum absolute atomic E-state index is 0.00914. The smallest absolute Gasteiger partial charge is 0.282 e. The first-order valence-corrected chi connectivity index (χ1v) is 17.7. The van der Waals surface area contributed by atoms with Crippen LogP contribution in [0.25, 0.3) is 0 Å². The molecule has 1 unspecified atom stereocenters. The first kappa shape index (κ1) is 33.8. The highest BCUT2D eigenvalue weighted by Gasteiger charge is 2.35. The normalized spacial score (nSPS) is 19.4. The molecule has 0 radical (unpaired) electrons. The number of nitrogens with one attached hydrogen (secondary N) is 2. The molecule has 4 aliphatic rings. The summed E-state index contributed by atoms with van der Waals surface area (Å²) in [5, 5.41) is 6.92. The number of rotatable bonds is 12. The van der Waals surface area contributed by atoms with Crippen molar-refractivity contribution in [3.63, 3.8) is 0 Å². The molecule has 1 atom stereocenters. The molecule has 2 fully saturated rings. The molecule has 2 N–H and O–H groups in total. The van der Waals surface area contributed by atoms with Crippen molar-refractivity contribution in [2.75, 3.05) is 66.0 Å². The molecule has 0 saturated carbocycles. The third kappa shape index (κ3) is 7.16. The van der Waals surface area contributed by atoms with Crippen LogP contribution in [0.4, 0.5) is 0 Å². The number of ether oxygens (including phenoxy) is 1. The van der Waals surface area contributed by atoms with Crippen molar-refractivity contribution >= 4 is 57.6 Å². The molecule has 48 heavy (non-hydrogen) atoms. The average molecular weight is 696 g/mol. The zero-order valence-electron chi connectivity index (χ0n) is 26.8. The summed E-state index contributed by atoms with van der Waals surface area (Å²) in [6.07, 6.45) is 5.22. The van der Waals surface area contributed by atoms with E-state index in [1.807, 2.05) is 7.05 Å². The predicted octanol–water partition coefficient (Wildman–Crippen LogP) is 1.49. The van der Waals surface area contributed by atoms with Gasteiger partial charge in [-0.2, -0.15) is 0 Å². The average Bonchev–Trinajstić information content (AvgIpc) is 3.86.